The van der Waals surface area contributed by atoms with Crippen LogP contribution in [0.25, 0.3) is 10.9 Å². The first-order valence-electron chi connectivity index (χ1n) is 11.5. The van der Waals surface area contributed by atoms with E-state index < -0.39 is 15.6 Å². The second-order valence-corrected chi connectivity index (χ2v) is 11.6. The number of fused-ring (bicyclic) bond motifs is 1. The summed E-state index contributed by atoms with van der Waals surface area (Å²) in [6.07, 6.45) is 0. The smallest absolute Gasteiger partial charge is 0.243 e. The Balaban J connectivity index is 1.59. The first kappa shape index (κ1) is 26.6. The molecule has 1 fully saturated rings. The molecular weight excluding hydrogens is 523 g/mol. The summed E-state index contributed by atoms with van der Waals surface area (Å²) in [5, 5.41) is 4.28. The molecule has 11 heteroatoms. The van der Waals surface area contributed by atoms with Gasteiger partial charge < -0.3 is 15.0 Å². The number of aryl methyl sites for hydroxylation is 1. The van der Waals surface area contributed by atoms with Crippen LogP contribution in [0.5, 0.6) is 5.75 Å². The highest BCUT2D eigenvalue weighted by Gasteiger charge is 2.37. The van der Waals surface area contributed by atoms with Crippen molar-refractivity contribution in [1.29, 1.82) is 0 Å². The molecule has 0 spiro atoms. The van der Waals surface area contributed by atoms with Crippen LogP contribution in [-0.2, 0) is 21.4 Å². The molecule has 1 aliphatic rings. The standard InChI is InChI=1S/C25H28Cl2N4O4S/c1-16-7-8-17-5-4-6-20(23(17)29-16)35-15-18-19(26)9-10-21(22(18)27)36(33,34)30-25(2,3)24(32)31-13-11-28-12-14-31/h4-10,28,30H,11-15H2,1-3H3. The maximum atomic E-state index is 13.3. The topological polar surface area (TPSA) is 101 Å². The predicted molar refractivity (Wildman–Crippen MR) is 141 cm³/mol. The van der Waals surface area contributed by atoms with Gasteiger partial charge in [0.2, 0.25) is 15.9 Å². The number of hydrogen-bond acceptors (Lipinski definition) is 6. The van der Waals surface area contributed by atoms with Crippen molar-refractivity contribution < 1.29 is 17.9 Å². The van der Waals surface area contributed by atoms with Crippen molar-refractivity contribution in [2.45, 2.75) is 37.8 Å². The van der Waals surface area contributed by atoms with Gasteiger partial charge in [-0.2, -0.15) is 4.72 Å². The summed E-state index contributed by atoms with van der Waals surface area (Å²) >= 11 is 12.9. The highest BCUT2D eigenvalue weighted by Crippen LogP contribution is 2.33. The summed E-state index contributed by atoms with van der Waals surface area (Å²) in [6, 6.07) is 12.2. The Hall–Kier alpha value is -2.43. The van der Waals surface area contributed by atoms with Gasteiger partial charge in [-0.05, 0) is 45.0 Å². The van der Waals surface area contributed by atoms with Crippen LogP contribution in [0.2, 0.25) is 10.0 Å². The summed E-state index contributed by atoms with van der Waals surface area (Å²) in [5.74, 6) is 0.220. The van der Waals surface area contributed by atoms with Gasteiger partial charge in [0.15, 0.2) is 0 Å². The van der Waals surface area contributed by atoms with Crippen LogP contribution in [0.3, 0.4) is 0 Å². The normalized spacial score (nSPS) is 14.8. The van der Waals surface area contributed by atoms with Gasteiger partial charge in [0, 0.05) is 47.8 Å². The fraction of sp³-hybridized carbons (Fsp3) is 0.360. The van der Waals surface area contributed by atoms with Gasteiger partial charge in [0.1, 0.15) is 28.3 Å². The lowest BCUT2D eigenvalue weighted by Crippen LogP contribution is -2.59. The number of sulfonamides is 1. The molecular formula is C25H28Cl2N4O4S. The van der Waals surface area contributed by atoms with Gasteiger partial charge >= 0.3 is 0 Å². The number of para-hydroxylation sites is 1. The average Bonchev–Trinajstić information content (AvgIpc) is 2.83. The Morgan fingerprint density at radius 1 is 1.14 bits per heavy atom. The molecule has 0 atom stereocenters. The zero-order valence-electron chi connectivity index (χ0n) is 20.3. The quantitative estimate of drug-likeness (QED) is 0.462. The number of aromatic nitrogens is 1. The molecule has 0 saturated carbocycles. The first-order valence-corrected chi connectivity index (χ1v) is 13.7. The lowest BCUT2D eigenvalue weighted by atomic mass is 10.1. The van der Waals surface area contributed by atoms with Crippen LogP contribution >= 0.6 is 23.2 Å². The van der Waals surface area contributed by atoms with E-state index in [0.29, 0.717) is 43.0 Å². The van der Waals surface area contributed by atoms with E-state index >= 15 is 0 Å². The number of nitrogens with one attached hydrogen (secondary N) is 2. The van der Waals surface area contributed by atoms with Crippen molar-refractivity contribution in [3.63, 3.8) is 0 Å². The van der Waals surface area contributed by atoms with Crippen LogP contribution in [0.1, 0.15) is 25.1 Å². The lowest BCUT2D eigenvalue weighted by Gasteiger charge is -2.35. The number of amides is 1. The number of piperazine rings is 1. The van der Waals surface area contributed by atoms with E-state index in [-0.39, 0.29) is 27.5 Å². The molecule has 4 rings (SSSR count). The molecule has 8 nitrogen and oxygen atoms in total. The Morgan fingerprint density at radius 2 is 1.86 bits per heavy atom. The minimum Gasteiger partial charge on any atom is -0.487 e. The molecule has 0 bridgehead atoms. The van der Waals surface area contributed by atoms with Gasteiger partial charge in [0.05, 0.1) is 5.02 Å². The summed E-state index contributed by atoms with van der Waals surface area (Å²) in [6.45, 7) is 7.24. The lowest BCUT2D eigenvalue weighted by molar-refractivity contribution is -0.136. The van der Waals surface area contributed by atoms with E-state index in [1.165, 1.54) is 26.0 Å². The maximum Gasteiger partial charge on any atom is 0.243 e. The van der Waals surface area contributed by atoms with Crippen molar-refractivity contribution >= 4 is 50.0 Å². The van der Waals surface area contributed by atoms with Crippen molar-refractivity contribution in [1.82, 2.24) is 19.9 Å². The Labute approximate surface area is 221 Å². The second-order valence-electron chi connectivity index (χ2n) is 9.18. The number of nitrogens with zero attached hydrogens (tertiary/aromatic N) is 2. The van der Waals surface area contributed by atoms with E-state index in [2.05, 4.69) is 15.0 Å². The summed E-state index contributed by atoms with van der Waals surface area (Å²) in [4.78, 5) is 19.0. The van der Waals surface area contributed by atoms with Crippen molar-refractivity contribution in [3.8, 4) is 5.75 Å². The molecule has 0 aliphatic carbocycles. The van der Waals surface area contributed by atoms with Crippen molar-refractivity contribution in [2.75, 3.05) is 26.2 Å². The van der Waals surface area contributed by atoms with E-state index in [0.717, 1.165) is 11.1 Å². The molecule has 0 unspecified atom stereocenters. The number of ether oxygens (including phenoxy) is 1. The van der Waals surface area contributed by atoms with E-state index in [9.17, 15) is 13.2 Å². The van der Waals surface area contributed by atoms with E-state index in [1.807, 2.05) is 31.2 Å². The van der Waals surface area contributed by atoms with E-state index in [4.69, 9.17) is 27.9 Å². The molecule has 0 radical (unpaired) electrons. The number of rotatable bonds is 7. The molecule has 36 heavy (non-hydrogen) atoms. The average molecular weight is 551 g/mol. The van der Waals surface area contributed by atoms with Crippen LogP contribution < -0.4 is 14.8 Å². The van der Waals surface area contributed by atoms with Crippen molar-refractivity contribution in [2.24, 2.45) is 0 Å². The number of pyridine rings is 1. The number of halogens is 2. The zero-order chi connectivity index (χ0) is 26.1. The van der Waals surface area contributed by atoms with Gasteiger partial charge in [-0.1, -0.05) is 41.4 Å². The highest BCUT2D eigenvalue weighted by atomic mass is 35.5. The van der Waals surface area contributed by atoms with Crippen LogP contribution in [0, 0.1) is 6.92 Å². The third-order valence-electron chi connectivity index (χ3n) is 5.96. The fourth-order valence-electron chi connectivity index (χ4n) is 4.10. The first-order chi connectivity index (χ1) is 17.0. The third-order valence-corrected chi connectivity index (χ3v) is 8.56. The van der Waals surface area contributed by atoms with Crippen molar-refractivity contribution in [3.05, 3.63) is 63.8 Å². The summed E-state index contributed by atoms with van der Waals surface area (Å²) < 4.78 is 35.2. The molecule has 3 aromatic rings. The number of hydrogen-bond donors (Lipinski definition) is 2. The van der Waals surface area contributed by atoms with Crippen LogP contribution in [-0.4, -0.2) is 55.9 Å². The van der Waals surface area contributed by atoms with E-state index in [1.54, 1.807) is 11.0 Å². The molecule has 1 aromatic heterocycles. The third kappa shape index (κ3) is 5.60. The summed E-state index contributed by atoms with van der Waals surface area (Å²) in [5.41, 5.74) is 0.467. The minimum absolute atomic E-state index is 0.0650. The highest BCUT2D eigenvalue weighted by molar-refractivity contribution is 7.89. The van der Waals surface area contributed by atoms with Gasteiger partial charge in [-0.15, -0.1) is 0 Å². The van der Waals surface area contributed by atoms with Gasteiger partial charge in [-0.3, -0.25) is 4.79 Å². The second kappa shape index (κ2) is 10.5. The monoisotopic (exact) mass is 550 g/mol. The SMILES string of the molecule is Cc1ccc2cccc(OCc3c(Cl)ccc(S(=O)(=O)NC(C)(C)C(=O)N4CCNCC4)c3Cl)c2n1. The molecule has 2 N–H and O–H groups in total. The molecule has 2 aromatic carbocycles. The molecule has 192 valence electrons. The minimum atomic E-state index is -4.17. The predicted octanol–water partition coefficient (Wildman–Crippen LogP) is 3.92. The van der Waals surface area contributed by atoms with Gasteiger partial charge in [-0.25, -0.2) is 13.4 Å². The molecule has 1 saturated heterocycles. The molecule has 2 heterocycles. The molecule has 1 aliphatic heterocycles. The number of carbonyl (C=O) groups is 1. The Morgan fingerprint density at radius 3 is 2.58 bits per heavy atom. The molecule has 1 amide bonds. The zero-order valence-corrected chi connectivity index (χ0v) is 22.6. The van der Waals surface area contributed by atoms with Gasteiger partial charge in [0.25, 0.3) is 0 Å². The summed E-state index contributed by atoms with van der Waals surface area (Å²) in [7, 11) is -4.17. The maximum absolute atomic E-state index is 13.3. The number of benzene rings is 2. The number of carbonyl (C=O) groups excluding carboxylic acids is 1. The Bertz CT molecular complexity index is 1410. The fourth-order valence-corrected chi connectivity index (χ4v) is 6.36. The largest absolute Gasteiger partial charge is 0.487 e. The Kier molecular flexibility index (Phi) is 7.78. The van der Waals surface area contributed by atoms with Crippen LogP contribution in [0.15, 0.2) is 47.4 Å². The van der Waals surface area contributed by atoms with Crippen LogP contribution in [0.4, 0.5) is 0 Å².